The first kappa shape index (κ1) is 15.0. The number of nitrogens with two attached hydrogens (primary N) is 1. The highest BCUT2D eigenvalue weighted by Crippen LogP contribution is 2.32. The average Bonchev–Trinajstić information content (AvgIpc) is 2.97. The quantitative estimate of drug-likeness (QED) is 0.668. The highest BCUT2D eigenvalue weighted by Gasteiger charge is 2.24. The van der Waals surface area contributed by atoms with Crippen LogP contribution in [0.3, 0.4) is 0 Å². The molecule has 0 saturated heterocycles. The number of hydrogen-bond acceptors (Lipinski definition) is 6. The zero-order chi connectivity index (χ0) is 17.4. The molecule has 4 N–H and O–H groups in total. The number of hydrogen-bond donors (Lipinski definition) is 3. The number of guanidine groups is 1. The molecule has 1 aliphatic heterocycles. The number of carboxylic acid groups (broad SMARTS) is 1. The van der Waals surface area contributed by atoms with Gasteiger partial charge in [-0.15, -0.1) is 0 Å². The Bertz CT molecular complexity index is 978. The monoisotopic (exact) mass is 337 g/mol. The molecular formula is C17H15N5O3. The summed E-state index contributed by atoms with van der Waals surface area (Å²) in [6.07, 6.45) is -0.364. The predicted molar refractivity (Wildman–Crippen MR) is 92.7 cm³/mol. The Hall–Kier alpha value is -3.55. The van der Waals surface area contributed by atoms with Gasteiger partial charge >= 0.3 is 5.97 Å². The summed E-state index contributed by atoms with van der Waals surface area (Å²) in [5.74, 6) is 0.381. The number of aromatic nitrogens is 2. The van der Waals surface area contributed by atoms with E-state index >= 15 is 0 Å². The molecule has 0 fully saturated rings. The summed E-state index contributed by atoms with van der Waals surface area (Å²) >= 11 is 0. The van der Waals surface area contributed by atoms with Gasteiger partial charge in [-0.2, -0.15) is 0 Å². The van der Waals surface area contributed by atoms with Gasteiger partial charge in [0, 0.05) is 0 Å². The molecule has 1 aliphatic rings. The van der Waals surface area contributed by atoms with Gasteiger partial charge in [-0.25, -0.2) is 14.8 Å². The number of anilines is 1. The lowest BCUT2D eigenvalue weighted by Gasteiger charge is -2.23. The predicted octanol–water partition coefficient (Wildman–Crippen LogP) is 1.79. The lowest BCUT2D eigenvalue weighted by atomic mass is 10.1. The van der Waals surface area contributed by atoms with E-state index < -0.39 is 5.97 Å². The summed E-state index contributed by atoms with van der Waals surface area (Å²) in [6.45, 7) is -0.381. The van der Waals surface area contributed by atoms with Crippen molar-refractivity contribution in [2.75, 3.05) is 11.9 Å². The summed E-state index contributed by atoms with van der Waals surface area (Å²) in [4.78, 5) is 19.6. The van der Waals surface area contributed by atoms with Gasteiger partial charge in [-0.3, -0.25) is 9.88 Å². The summed E-state index contributed by atoms with van der Waals surface area (Å²) < 4.78 is 7.14. The Kier molecular flexibility index (Phi) is 3.50. The lowest BCUT2D eigenvalue weighted by molar-refractivity contribution is -0.139. The van der Waals surface area contributed by atoms with E-state index in [1.54, 1.807) is 12.1 Å². The van der Waals surface area contributed by atoms with E-state index in [4.69, 9.17) is 15.6 Å². The van der Waals surface area contributed by atoms with Gasteiger partial charge in [-0.05, 0) is 29.8 Å². The molecule has 0 bridgehead atoms. The summed E-state index contributed by atoms with van der Waals surface area (Å²) in [7, 11) is 0. The van der Waals surface area contributed by atoms with Crippen LogP contribution in [0, 0.1) is 0 Å². The van der Waals surface area contributed by atoms with Crippen molar-refractivity contribution in [1.82, 2.24) is 9.55 Å². The Morgan fingerprint density at radius 2 is 2.00 bits per heavy atom. The highest BCUT2D eigenvalue weighted by atomic mass is 16.5. The summed E-state index contributed by atoms with van der Waals surface area (Å²) in [5, 5.41) is 11.7. The van der Waals surface area contributed by atoms with Crippen LogP contribution < -0.4 is 15.8 Å². The standard InChI is InChI=1S/C17H15N5O3/c18-16-20-15(10-5-7-11(8-6-10)25-9-14(23)24)22-13-4-2-1-3-12(13)19-17(22)21-16/h1-8,15H,9H2,(H,23,24)(H3,18,19,20,21)/t15-/m1/s1. The highest BCUT2D eigenvalue weighted by molar-refractivity contribution is 5.94. The van der Waals surface area contributed by atoms with Gasteiger partial charge in [0.15, 0.2) is 18.7 Å². The molecule has 0 aliphatic carbocycles. The van der Waals surface area contributed by atoms with E-state index in [0.29, 0.717) is 17.7 Å². The van der Waals surface area contributed by atoms with Crippen molar-refractivity contribution in [3.05, 3.63) is 54.1 Å². The molecule has 2 heterocycles. The van der Waals surface area contributed by atoms with Crippen molar-refractivity contribution in [2.45, 2.75) is 6.17 Å². The molecule has 3 aromatic rings. The van der Waals surface area contributed by atoms with Crippen molar-refractivity contribution in [3.8, 4) is 5.75 Å². The minimum absolute atomic E-state index is 0.291. The van der Waals surface area contributed by atoms with Crippen molar-refractivity contribution < 1.29 is 14.6 Å². The minimum Gasteiger partial charge on any atom is -0.482 e. The minimum atomic E-state index is -1.02. The van der Waals surface area contributed by atoms with Crippen LogP contribution in [0.5, 0.6) is 5.75 Å². The van der Waals surface area contributed by atoms with Crippen LogP contribution in [0.1, 0.15) is 11.7 Å². The van der Waals surface area contributed by atoms with E-state index in [1.165, 1.54) is 0 Å². The van der Waals surface area contributed by atoms with Crippen LogP contribution in [0.15, 0.2) is 53.5 Å². The fourth-order valence-corrected chi connectivity index (χ4v) is 2.82. The number of ether oxygens (including phenoxy) is 1. The molecule has 0 radical (unpaired) electrons. The maximum Gasteiger partial charge on any atom is 0.341 e. The number of nitrogens with one attached hydrogen (secondary N) is 1. The molecule has 0 saturated carbocycles. The number of para-hydroxylation sites is 2. The smallest absolute Gasteiger partial charge is 0.341 e. The van der Waals surface area contributed by atoms with Crippen molar-refractivity contribution >= 4 is 28.9 Å². The topological polar surface area (TPSA) is 115 Å². The van der Waals surface area contributed by atoms with Crippen LogP contribution in [-0.4, -0.2) is 33.2 Å². The number of carbonyl (C=O) groups is 1. The molecule has 0 amide bonds. The lowest BCUT2D eigenvalue weighted by Crippen LogP contribution is -2.31. The number of rotatable bonds is 4. The van der Waals surface area contributed by atoms with Crippen LogP contribution in [0.2, 0.25) is 0 Å². The number of benzene rings is 2. The molecule has 1 atom stereocenters. The van der Waals surface area contributed by atoms with Crippen LogP contribution >= 0.6 is 0 Å². The van der Waals surface area contributed by atoms with E-state index in [0.717, 1.165) is 16.6 Å². The van der Waals surface area contributed by atoms with Crippen molar-refractivity contribution in [2.24, 2.45) is 10.7 Å². The second-order valence-corrected chi connectivity index (χ2v) is 5.56. The fraction of sp³-hybridized carbons (Fsp3) is 0.118. The van der Waals surface area contributed by atoms with Crippen molar-refractivity contribution in [1.29, 1.82) is 0 Å². The third-order valence-electron chi connectivity index (χ3n) is 3.88. The third kappa shape index (κ3) is 2.74. The zero-order valence-electron chi connectivity index (χ0n) is 13.1. The first-order chi connectivity index (χ1) is 12.1. The second-order valence-electron chi connectivity index (χ2n) is 5.56. The maximum atomic E-state index is 10.6. The van der Waals surface area contributed by atoms with Crippen molar-refractivity contribution in [3.63, 3.8) is 0 Å². The molecular weight excluding hydrogens is 322 g/mol. The zero-order valence-corrected chi connectivity index (χ0v) is 13.1. The number of carboxylic acids is 1. The molecule has 25 heavy (non-hydrogen) atoms. The summed E-state index contributed by atoms with van der Waals surface area (Å²) in [6, 6.07) is 14.9. The molecule has 0 spiro atoms. The largest absolute Gasteiger partial charge is 0.482 e. The Morgan fingerprint density at radius 1 is 1.24 bits per heavy atom. The molecule has 0 unspecified atom stereocenters. The average molecular weight is 337 g/mol. The van der Waals surface area contributed by atoms with Crippen LogP contribution in [0.4, 0.5) is 5.95 Å². The first-order valence-electron chi connectivity index (χ1n) is 7.63. The molecule has 8 heteroatoms. The number of nitrogens with zero attached hydrogens (tertiary/aromatic N) is 3. The van der Waals surface area contributed by atoms with E-state index in [1.807, 2.05) is 41.0 Å². The molecule has 4 rings (SSSR count). The van der Waals surface area contributed by atoms with E-state index in [-0.39, 0.29) is 12.8 Å². The number of aliphatic carboxylic acids is 1. The molecule has 2 aromatic carbocycles. The van der Waals surface area contributed by atoms with Gasteiger partial charge in [0.2, 0.25) is 5.95 Å². The van der Waals surface area contributed by atoms with Crippen LogP contribution in [0.25, 0.3) is 11.0 Å². The third-order valence-corrected chi connectivity index (χ3v) is 3.88. The van der Waals surface area contributed by atoms with Gasteiger partial charge in [0.05, 0.1) is 11.0 Å². The van der Waals surface area contributed by atoms with E-state index in [9.17, 15) is 4.79 Å². The van der Waals surface area contributed by atoms with Gasteiger partial charge in [0.25, 0.3) is 0 Å². The van der Waals surface area contributed by atoms with Gasteiger partial charge < -0.3 is 15.6 Å². The van der Waals surface area contributed by atoms with Gasteiger partial charge in [-0.1, -0.05) is 24.3 Å². The Labute approximate surface area is 142 Å². The molecule has 1 aromatic heterocycles. The maximum absolute atomic E-state index is 10.6. The number of aliphatic imine (C=N–C) groups is 1. The Morgan fingerprint density at radius 3 is 2.76 bits per heavy atom. The molecule has 126 valence electrons. The number of imidazole rings is 1. The Balaban J connectivity index is 1.72. The summed E-state index contributed by atoms with van der Waals surface area (Å²) in [5.41, 5.74) is 8.58. The second kappa shape index (κ2) is 5.82. The van der Waals surface area contributed by atoms with Crippen LogP contribution in [-0.2, 0) is 4.79 Å². The first-order valence-corrected chi connectivity index (χ1v) is 7.63. The van der Waals surface area contributed by atoms with E-state index in [2.05, 4.69) is 15.3 Å². The van der Waals surface area contributed by atoms with Gasteiger partial charge in [0.1, 0.15) is 5.75 Å². The normalized spacial score (nSPS) is 16.0. The fourth-order valence-electron chi connectivity index (χ4n) is 2.82. The molecule has 8 nitrogen and oxygen atoms in total. The number of fused-ring (bicyclic) bond motifs is 3. The SMILES string of the molecule is NC1=N[C@@H](c2ccc(OCC(=O)O)cc2)n2c(nc3ccccc32)N1.